The second kappa shape index (κ2) is 6.57. The van der Waals surface area contributed by atoms with E-state index in [1.807, 2.05) is 0 Å². The second-order valence-electron chi connectivity index (χ2n) is 5.79. The van der Waals surface area contributed by atoms with E-state index < -0.39 is 26.0 Å². The van der Waals surface area contributed by atoms with Crippen molar-refractivity contribution in [2.24, 2.45) is 0 Å². The average Bonchev–Trinajstić information content (AvgIpc) is 2.81. The Morgan fingerprint density at radius 3 is 2.50 bits per heavy atom. The highest BCUT2D eigenvalue weighted by Crippen LogP contribution is 2.30. The summed E-state index contributed by atoms with van der Waals surface area (Å²) in [4.78, 5) is 11.8. The summed E-state index contributed by atoms with van der Waals surface area (Å²) in [5.41, 5.74) is 0.684. The van der Waals surface area contributed by atoms with Crippen molar-refractivity contribution in [1.29, 1.82) is 0 Å². The topological polar surface area (TPSA) is 101 Å². The van der Waals surface area contributed by atoms with E-state index >= 15 is 0 Å². The molecule has 0 aromatic heterocycles. The molecule has 3 rings (SSSR count). The first kappa shape index (κ1) is 18.7. The molecule has 7 nitrogen and oxygen atoms in total. The van der Waals surface area contributed by atoms with E-state index in [0.29, 0.717) is 14.9 Å². The lowest BCUT2D eigenvalue weighted by atomic mass is 10.2. The molecule has 138 valence electrons. The summed E-state index contributed by atoms with van der Waals surface area (Å²) in [6.07, 6.45) is -0.126. The molecular weight excluding hydrogens is 400 g/mol. The molecule has 2 aromatic rings. The maximum absolute atomic E-state index is 12.7. The van der Waals surface area contributed by atoms with Gasteiger partial charge in [0, 0.05) is 11.4 Å². The second-order valence-corrected chi connectivity index (χ2v) is 9.81. The van der Waals surface area contributed by atoms with Gasteiger partial charge in [-0.05, 0) is 42.8 Å². The lowest BCUT2D eigenvalue weighted by Crippen LogP contribution is -2.29. The number of aryl methyl sites for hydroxylation is 1. The monoisotopic (exact) mass is 414 g/mol. The van der Waals surface area contributed by atoms with Gasteiger partial charge in [-0.25, -0.2) is 21.1 Å². The number of carbonyl (C=O) groups is 1. The van der Waals surface area contributed by atoms with E-state index in [1.54, 1.807) is 19.1 Å². The molecule has 1 amide bonds. The van der Waals surface area contributed by atoms with Gasteiger partial charge >= 0.3 is 0 Å². The Balaban J connectivity index is 2.04. The Kier molecular flexibility index (Phi) is 4.72. The number of carbonyl (C=O) groups excluding carboxylic acids is 1. The predicted octanol–water partition coefficient (Wildman–Crippen LogP) is 2.52. The molecule has 0 saturated carbocycles. The zero-order valence-electron chi connectivity index (χ0n) is 13.6. The molecular formula is C16H15ClN2O5S2. The smallest absolute Gasteiger partial charge is 0.262 e. The normalized spacial score (nSPS) is 16.7. The van der Waals surface area contributed by atoms with Gasteiger partial charge in [0.1, 0.15) is 0 Å². The molecule has 26 heavy (non-hydrogen) atoms. The highest BCUT2D eigenvalue weighted by molar-refractivity contribution is 7.94. The first-order valence-corrected chi connectivity index (χ1v) is 11.0. The zero-order valence-corrected chi connectivity index (χ0v) is 16.0. The van der Waals surface area contributed by atoms with Gasteiger partial charge in [-0.3, -0.25) is 9.52 Å². The van der Waals surface area contributed by atoms with Gasteiger partial charge in [0.25, 0.3) is 10.0 Å². The number of rotatable bonds is 4. The van der Waals surface area contributed by atoms with Crippen LogP contribution in [0.3, 0.4) is 0 Å². The van der Waals surface area contributed by atoms with Crippen LogP contribution in [0.1, 0.15) is 12.0 Å². The van der Waals surface area contributed by atoms with Crippen molar-refractivity contribution >= 4 is 48.9 Å². The van der Waals surface area contributed by atoms with Gasteiger partial charge in [0.2, 0.25) is 15.9 Å². The molecule has 0 atom stereocenters. The van der Waals surface area contributed by atoms with Crippen molar-refractivity contribution < 1.29 is 21.6 Å². The largest absolute Gasteiger partial charge is 0.280 e. The fourth-order valence-corrected chi connectivity index (χ4v) is 5.59. The van der Waals surface area contributed by atoms with Crippen LogP contribution < -0.4 is 9.03 Å². The lowest BCUT2D eigenvalue weighted by molar-refractivity contribution is -0.116. The van der Waals surface area contributed by atoms with E-state index in [2.05, 4.69) is 4.72 Å². The van der Waals surface area contributed by atoms with Crippen LogP contribution in [-0.2, 0) is 24.8 Å². The highest BCUT2D eigenvalue weighted by Gasteiger charge is 2.37. The number of nitrogens with one attached hydrogen (secondary N) is 1. The third-order valence-electron chi connectivity index (χ3n) is 3.85. The predicted molar refractivity (Wildman–Crippen MR) is 99.3 cm³/mol. The lowest BCUT2D eigenvalue weighted by Gasteiger charge is -2.17. The van der Waals surface area contributed by atoms with Crippen LogP contribution in [0.5, 0.6) is 0 Å². The summed E-state index contributed by atoms with van der Waals surface area (Å²) in [5, 5.41) is 0.365. The summed E-state index contributed by atoms with van der Waals surface area (Å²) in [7, 11) is -7.79. The van der Waals surface area contributed by atoms with E-state index in [1.165, 1.54) is 30.3 Å². The Morgan fingerprint density at radius 1 is 1.15 bits per heavy atom. The van der Waals surface area contributed by atoms with Crippen molar-refractivity contribution in [2.45, 2.75) is 18.2 Å². The van der Waals surface area contributed by atoms with Gasteiger partial charge < -0.3 is 0 Å². The average molecular weight is 415 g/mol. The summed E-state index contributed by atoms with van der Waals surface area (Å²) in [6, 6.07) is 10.2. The number of sulfonamides is 2. The number of halogens is 1. The van der Waals surface area contributed by atoms with Gasteiger partial charge in [-0.15, -0.1) is 0 Å². The number of anilines is 2. The minimum absolute atomic E-state index is 0.00423. The Hall–Kier alpha value is -2.10. The molecule has 0 radical (unpaired) electrons. The van der Waals surface area contributed by atoms with Crippen molar-refractivity contribution in [3.05, 3.63) is 53.1 Å². The highest BCUT2D eigenvalue weighted by atomic mass is 35.5. The Labute approximate surface area is 156 Å². The van der Waals surface area contributed by atoms with Crippen molar-refractivity contribution in [1.82, 2.24) is 0 Å². The van der Waals surface area contributed by atoms with Crippen LogP contribution >= 0.6 is 11.6 Å². The van der Waals surface area contributed by atoms with Crippen molar-refractivity contribution in [3.63, 3.8) is 0 Å². The van der Waals surface area contributed by atoms with E-state index in [0.717, 1.165) is 0 Å². The molecule has 1 fully saturated rings. The molecule has 0 spiro atoms. The molecule has 1 aliphatic heterocycles. The molecule has 1 heterocycles. The number of hydrogen-bond donors (Lipinski definition) is 1. The van der Waals surface area contributed by atoms with E-state index in [9.17, 15) is 21.6 Å². The minimum Gasteiger partial charge on any atom is -0.280 e. The van der Waals surface area contributed by atoms with Crippen LogP contribution in [0.2, 0.25) is 5.02 Å². The molecule has 1 saturated heterocycles. The molecule has 0 bridgehead atoms. The van der Waals surface area contributed by atoms with Gasteiger partial charge in [0.15, 0.2) is 0 Å². The zero-order chi connectivity index (χ0) is 19.1. The van der Waals surface area contributed by atoms with Gasteiger partial charge in [-0.1, -0.05) is 23.7 Å². The van der Waals surface area contributed by atoms with Crippen molar-refractivity contribution in [3.8, 4) is 0 Å². The molecule has 1 aliphatic rings. The Morgan fingerprint density at radius 2 is 1.88 bits per heavy atom. The van der Waals surface area contributed by atoms with Crippen LogP contribution in [0, 0.1) is 6.92 Å². The van der Waals surface area contributed by atoms with Crippen molar-refractivity contribution in [2.75, 3.05) is 14.8 Å². The van der Waals surface area contributed by atoms with E-state index in [-0.39, 0.29) is 28.4 Å². The first-order valence-electron chi connectivity index (χ1n) is 7.55. The number of amides is 1. The fraction of sp³-hybridized carbons (Fsp3) is 0.188. The number of benzene rings is 2. The standard InChI is InChI=1S/C16H15ClN2O5S2/c1-11-5-6-14(19-16(20)7-8-25(19,21)22)10-15(11)26(23,24)18-13-4-2-3-12(17)9-13/h2-6,9-10,18H,7-8H2,1H3. The van der Waals surface area contributed by atoms with Gasteiger partial charge in [-0.2, -0.15) is 0 Å². The molecule has 1 N–H and O–H groups in total. The first-order chi connectivity index (χ1) is 12.1. The third-order valence-corrected chi connectivity index (χ3v) is 7.30. The molecule has 2 aromatic carbocycles. The SMILES string of the molecule is Cc1ccc(N2C(=O)CCS2(=O)=O)cc1S(=O)(=O)Nc1cccc(Cl)c1. The maximum atomic E-state index is 12.7. The molecule has 0 unspecified atom stereocenters. The molecule has 0 aliphatic carbocycles. The third kappa shape index (κ3) is 3.55. The minimum atomic E-state index is -4.01. The quantitative estimate of drug-likeness (QED) is 0.828. The fourth-order valence-electron chi connectivity index (χ4n) is 2.64. The summed E-state index contributed by atoms with van der Waals surface area (Å²) in [6.45, 7) is 1.58. The summed E-state index contributed by atoms with van der Waals surface area (Å²) >= 11 is 5.86. The van der Waals surface area contributed by atoms with Gasteiger partial charge in [0.05, 0.1) is 22.0 Å². The number of hydrogen-bond acceptors (Lipinski definition) is 5. The summed E-state index contributed by atoms with van der Waals surface area (Å²) in [5.74, 6) is -0.872. The molecule has 10 heteroatoms. The van der Waals surface area contributed by atoms with Crippen LogP contribution in [-0.4, -0.2) is 28.5 Å². The summed E-state index contributed by atoms with van der Waals surface area (Å²) < 4.78 is 52.7. The maximum Gasteiger partial charge on any atom is 0.262 e. The van der Waals surface area contributed by atoms with Crippen LogP contribution in [0.4, 0.5) is 11.4 Å². The van der Waals surface area contributed by atoms with E-state index in [4.69, 9.17) is 11.6 Å². The van der Waals surface area contributed by atoms with Crippen LogP contribution in [0.25, 0.3) is 0 Å². The Bertz CT molecular complexity index is 1100. The van der Waals surface area contributed by atoms with Crippen LogP contribution in [0.15, 0.2) is 47.4 Å². The number of nitrogens with zero attached hydrogens (tertiary/aromatic N) is 1.